The summed E-state index contributed by atoms with van der Waals surface area (Å²) in [6, 6.07) is 0. The number of halogens is 3. The molecule has 0 radical (unpaired) electrons. The predicted octanol–water partition coefficient (Wildman–Crippen LogP) is 1.79. The summed E-state index contributed by atoms with van der Waals surface area (Å²) < 4.78 is 35.6. The molecule has 1 nitrogen and oxygen atoms in total. The highest BCUT2D eigenvalue weighted by atomic mass is 19.4. The first-order valence-corrected chi connectivity index (χ1v) is 3.23. The van der Waals surface area contributed by atoms with Gasteiger partial charge in [0.25, 0.3) is 0 Å². The quantitative estimate of drug-likeness (QED) is 0.655. The third-order valence-corrected chi connectivity index (χ3v) is 1.41. The van der Waals surface area contributed by atoms with Gasteiger partial charge in [0.2, 0.25) is 0 Å². The lowest BCUT2D eigenvalue weighted by molar-refractivity contribution is -0.173. The van der Waals surface area contributed by atoms with Crippen LogP contribution >= 0.6 is 0 Å². The van der Waals surface area contributed by atoms with Crippen molar-refractivity contribution < 1.29 is 13.2 Å². The second-order valence-electron chi connectivity index (χ2n) is 2.20. The lowest BCUT2D eigenvalue weighted by atomic mass is 10.1. The van der Waals surface area contributed by atoms with Crippen molar-refractivity contribution in [2.75, 3.05) is 13.6 Å². The van der Waals surface area contributed by atoms with Gasteiger partial charge in [0.1, 0.15) is 0 Å². The molecule has 0 aromatic carbocycles. The van der Waals surface area contributed by atoms with Gasteiger partial charge < -0.3 is 5.32 Å². The molecule has 4 heteroatoms. The van der Waals surface area contributed by atoms with Crippen LogP contribution in [0, 0.1) is 5.92 Å². The van der Waals surface area contributed by atoms with Gasteiger partial charge in [0.05, 0.1) is 5.92 Å². The van der Waals surface area contributed by atoms with E-state index in [2.05, 4.69) is 5.32 Å². The molecule has 0 aromatic heterocycles. The van der Waals surface area contributed by atoms with E-state index in [9.17, 15) is 13.2 Å². The number of rotatable bonds is 3. The van der Waals surface area contributed by atoms with E-state index < -0.39 is 12.1 Å². The van der Waals surface area contributed by atoms with Crippen molar-refractivity contribution in [1.29, 1.82) is 0 Å². The van der Waals surface area contributed by atoms with E-state index in [1.54, 1.807) is 0 Å². The Hall–Kier alpha value is -0.250. The normalized spacial score (nSPS) is 15.3. The van der Waals surface area contributed by atoms with Crippen LogP contribution in [0.25, 0.3) is 0 Å². The van der Waals surface area contributed by atoms with Crippen molar-refractivity contribution >= 4 is 0 Å². The van der Waals surface area contributed by atoms with Gasteiger partial charge in [0.15, 0.2) is 0 Å². The minimum Gasteiger partial charge on any atom is -0.319 e. The summed E-state index contributed by atoms with van der Waals surface area (Å²) in [6.45, 7) is 1.55. The highest BCUT2D eigenvalue weighted by molar-refractivity contribution is 4.66. The van der Waals surface area contributed by atoms with Crippen molar-refractivity contribution in [1.82, 2.24) is 5.32 Å². The Morgan fingerprint density at radius 2 is 1.90 bits per heavy atom. The topological polar surface area (TPSA) is 12.0 Å². The molecule has 0 bridgehead atoms. The van der Waals surface area contributed by atoms with Crippen LogP contribution in [0.5, 0.6) is 0 Å². The number of alkyl halides is 3. The Bertz CT molecular complexity index is 89.5. The summed E-state index contributed by atoms with van der Waals surface area (Å²) in [5, 5.41) is 2.51. The standard InChI is InChI=1S/C6H12F3N/c1-3-5(4-10-2)6(7,8)9/h5,10H,3-4H2,1-2H3/t5-/m1/s1. The van der Waals surface area contributed by atoms with Gasteiger partial charge in [-0.05, 0) is 13.5 Å². The Kier molecular flexibility index (Phi) is 3.71. The Morgan fingerprint density at radius 1 is 1.40 bits per heavy atom. The molecule has 0 heterocycles. The molecule has 0 saturated heterocycles. The fraction of sp³-hybridized carbons (Fsp3) is 1.00. The van der Waals surface area contributed by atoms with Crippen LogP contribution in [0.4, 0.5) is 13.2 Å². The van der Waals surface area contributed by atoms with Gasteiger partial charge in [-0.1, -0.05) is 6.92 Å². The SMILES string of the molecule is CC[C@H](CNC)C(F)(F)F. The average molecular weight is 155 g/mol. The van der Waals surface area contributed by atoms with Crippen LogP contribution in [0.3, 0.4) is 0 Å². The first-order chi connectivity index (χ1) is 4.52. The van der Waals surface area contributed by atoms with Crippen molar-refractivity contribution in [3.05, 3.63) is 0 Å². The largest absolute Gasteiger partial charge is 0.393 e. The summed E-state index contributed by atoms with van der Waals surface area (Å²) in [6.07, 6.45) is -3.90. The van der Waals surface area contributed by atoms with Crippen LogP contribution in [0.15, 0.2) is 0 Å². The molecule has 1 atom stereocenters. The summed E-state index contributed by atoms with van der Waals surface area (Å²) in [5.74, 6) is -1.20. The maximum Gasteiger partial charge on any atom is 0.393 e. The maximum absolute atomic E-state index is 11.9. The highest BCUT2D eigenvalue weighted by Crippen LogP contribution is 2.27. The first-order valence-electron chi connectivity index (χ1n) is 3.23. The molecule has 0 aliphatic carbocycles. The monoisotopic (exact) mass is 155 g/mol. The molecule has 62 valence electrons. The van der Waals surface area contributed by atoms with Gasteiger partial charge in [-0.15, -0.1) is 0 Å². The van der Waals surface area contributed by atoms with Crippen LogP contribution in [0.2, 0.25) is 0 Å². The molecule has 0 amide bonds. The molecule has 10 heavy (non-hydrogen) atoms. The molecular weight excluding hydrogens is 143 g/mol. The number of nitrogens with one attached hydrogen (secondary N) is 1. The second kappa shape index (κ2) is 3.81. The summed E-state index contributed by atoms with van der Waals surface area (Å²) in [4.78, 5) is 0. The van der Waals surface area contributed by atoms with Gasteiger partial charge in [-0.25, -0.2) is 0 Å². The van der Waals surface area contributed by atoms with E-state index in [-0.39, 0.29) is 13.0 Å². The maximum atomic E-state index is 11.9. The van der Waals surface area contributed by atoms with E-state index in [4.69, 9.17) is 0 Å². The van der Waals surface area contributed by atoms with Crippen molar-refractivity contribution in [2.24, 2.45) is 5.92 Å². The van der Waals surface area contributed by atoms with Crippen LogP contribution in [0.1, 0.15) is 13.3 Å². The molecule has 0 saturated carbocycles. The summed E-state index contributed by atoms with van der Waals surface area (Å²) >= 11 is 0. The smallest absolute Gasteiger partial charge is 0.319 e. The number of hydrogen-bond acceptors (Lipinski definition) is 1. The van der Waals surface area contributed by atoms with Gasteiger partial charge >= 0.3 is 6.18 Å². The molecule has 0 rings (SSSR count). The predicted molar refractivity (Wildman–Crippen MR) is 33.8 cm³/mol. The lowest BCUT2D eigenvalue weighted by Crippen LogP contribution is -2.31. The molecule has 0 spiro atoms. The van der Waals surface area contributed by atoms with E-state index in [0.717, 1.165) is 0 Å². The van der Waals surface area contributed by atoms with Gasteiger partial charge in [-0.2, -0.15) is 13.2 Å². The van der Waals surface area contributed by atoms with E-state index in [1.165, 1.54) is 14.0 Å². The third-order valence-electron chi connectivity index (χ3n) is 1.41. The molecule has 1 N–H and O–H groups in total. The average Bonchev–Trinajstić information content (AvgIpc) is 1.80. The Morgan fingerprint density at radius 3 is 2.00 bits per heavy atom. The Labute approximate surface area is 58.6 Å². The summed E-state index contributed by atoms with van der Waals surface area (Å²) in [7, 11) is 1.52. The van der Waals surface area contributed by atoms with Crippen LogP contribution in [-0.4, -0.2) is 19.8 Å². The third kappa shape index (κ3) is 3.06. The fourth-order valence-corrected chi connectivity index (χ4v) is 0.738. The molecule has 0 fully saturated rings. The first kappa shape index (κ1) is 9.75. The minimum absolute atomic E-state index is 0.0139. The zero-order chi connectivity index (χ0) is 8.20. The molecule has 0 unspecified atom stereocenters. The van der Waals surface area contributed by atoms with Crippen molar-refractivity contribution in [3.8, 4) is 0 Å². The second-order valence-corrected chi connectivity index (χ2v) is 2.20. The molecule has 0 aliphatic rings. The molecule has 0 aliphatic heterocycles. The van der Waals surface area contributed by atoms with Crippen LogP contribution < -0.4 is 5.32 Å². The molecule has 0 aromatic rings. The highest BCUT2D eigenvalue weighted by Gasteiger charge is 2.37. The van der Waals surface area contributed by atoms with Crippen LogP contribution in [-0.2, 0) is 0 Å². The zero-order valence-corrected chi connectivity index (χ0v) is 6.13. The van der Waals surface area contributed by atoms with E-state index >= 15 is 0 Å². The van der Waals surface area contributed by atoms with E-state index in [0.29, 0.717) is 0 Å². The van der Waals surface area contributed by atoms with Gasteiger partial charge in [0, 0.05) is 6.54 Å². The van der Waals surface area contributed by atoms with Crippen molar-refractivity contribution in [2.45, 2.75) is 19.5 Å². The molecular formula is C6H12F3N. The Balaban J connectivity index is 3.81. The fourth-order valence-electron chi connectivity index (χ4n) is 0.738. The van der Waals surface area contributed by atoms with E-state index in [1.807, 2.05) is 0 Å². The summed E-state index contributed by atoms with van der Waals surface area (Å²) in [5.41, 5.74) is 0. The van der Waals surface area contributed by atoms with Gasteiger partial charge in [-0.3, -0.25) is 0 Å². The zero-order valence-electron chi connectivity index (χ0n) is 6.13. The van der Waals surface area contributed by atoms with Crippen molar-refractivity contribution in [3.63, 3.8) is 0 Å². The lowest BCUT2D eigenvalue weighted by Gasteiger charge is -2.17. The number of hydrogen-bond donors (Lipinski definition) is 1. The minimum atomic E-state index is -4.04.